The van der Waals surface area contributed by atoms with Gasteiger partial charge in [-0.2, -0.15) is 5.10 Å². The lowest BCUT2D eigenvalue weighted by atomic mass is 10.1. The van der Waals surface area contributed by atoms with Crippen molar-refractivity contribution in [3.05, 3.63) is 60.7 Å². The zero-order valence-corrected chi connectivity index (χ0v) is 19.9. The van der Waals surface area contributed by atoms with E-state index in [0.717, 1.165) is 16.4 Å². The Morgan fingerprint density at radius 3 is 2.31 bits per heavy atom. The van der Waals surface area contributed by atoms with Gasteiger partial charge in [-0.15, -0.1) is 0 Å². The Labute approximate surface area is 206 Å². The monoisotopic (exact) mass is 488 g/mol. The van der Waals surface area contributed by atoms with Crippen LogP contribution in [0, 0.1) is 0 Å². The number of benzene rings is 3. The molecule has 0 bridgehead atoms. The summed E-state index contributed by atoms with van der Waals surface area (Å²) >= 11 is 0. The molecule has 10 heteroatoms. The molecule has 0 unspecified atom stereocenters. The predicted molar refractivity (Wildman–Crippen MR) is 136 cm³/mol. The van der Waals surface area contributed by atoms with E-state index in [1.54, 1.807) is 43.3 Å². The summed E-state index contributed by atoms with van der Waals surface area (Å²) in [5, 5.41) is 10.9. The fourth-order valence-corrected chi connectivity index (χ4v) is 3.61. The molecule has 10 nitrogen and oxygen atoms in total. The lowest BCUT2D eigenvalue weighted by Crippen LogP contribution is -2.33. The van der Waals surface area contributed by atoms with Crippen molar-refractivity contribution in [2.75, 3.05) is 24.9 Å². The zero-order chi connectivity index (χ0) is 25.7. The molecular weight excluding hydrogens is 464 g/mol. The average Bonchev–Trinajstić information content (AvgIpc) is 3.24. The second-order valence-corrected chi connectivity index (χ2v) is 7.81. The highest BCUT2D eigenvalue weighted by Gasteiger charge is 2.17. The van der Waals surface area contributed by atoms with Crippen molar-refractivity contribution in [2.24, 2.45) is 5.10 Å². The predicted octanol–water partition coefficient (Wildman–Crippen LogP) is 4.06. The fraction of sp³-hybridized carbons (Fsp3) is 0.154. The summed E-state index contributed by atoms with van der Waals surface area (Å²) in [5.41, 5.74) is 4.54. The molecule has 0 saturated heterocycles. The first kappa shape index (κ1) is 24.3. The van der Waals surface area contributed by atoms with Gasteiger partial charge in [0.2, 0.25) is 5.91 Å². The van der Waals surface area contributed by atoms with Crippen LogP contribution in [0.1, 0.15) is 13.3 Å². The Kier molecular flexibility index (Phi) is 7.15. The number of hydrazone groups is 1. The quantitative estimate of drug-likeness (QED) is 0.204. The standard InChI is InChI=1S/C26H24N4O6/c1-15(29-30-26(33)25(32)28-18-9-5-7-11-21(18)34-2)12-24(31)27-19-14-22-17(13-23(19)35-3)16-8-4-6-10-20(16)36-22/h4-11,13-14H,12H2,1-3H3,(H,27,31)(H,28,32)(H,30,33). The van der Waals surface area contributed by atoms with E-state index in [9.17, 15) is 14.4 Å². The van der Waals surface area contributed by atoms with E-state index < -0.39 is 17.7 Å². The maximum absolute atomic E-state index is 12.6. The molecule has 1 heterocycles. The topological polar surface area (TPSA) is 131 Å². The summed E-state index contributed by atoms with van der Waals surface area (Å²) < 4.78 is 16.5. The molecule has 0 spiro atoms. The van der Waals surface area contributed by atoms with Crippen molar-refractivity contribution in [3.63, 3.8) is 0 Å². The molecule has 4 rings (SSSR count). The Morgan fingerprint density at radius 1 is 0.806 bits per heavy atom. The van der Waals surface area contributed by atoms with Crippen molar-refractivity contribution in [2.45, 2.75) is 13.3 Å². The van der Waals surface area contributed by atoms with E-state index in [4.69, 9.17) is 13.9 Å². The summed E-state index contributed by atoms with van der Waals surface area (Å²) in [6.45, 7) is 1.55. The van der Waals surface area contributed by atoms with Crippen LogP contribution in [0.4, 0.5) is 11.4 Å². The molecular formula is C26H24N4O6. The van der Waals surface area contributed by atoms with Crippen LogP contribution in [0.3, 0.4) is 0 Å². The molecule has 36 heavy (non-hydrogen) atoms. The molecule has 0 radical (unpaired) electrons. The highest BCUT2D eigenvalue weighted by atomic mass is 16.5. The van der Waals surface area contributed by atoms with Gasteiger partial charge in [0, 0.05) is 22.6 Å². The number of anilines is 2. The van der Waals surface area contributed by atoms with Crippen LogP contribution < -0.4 is 25.5 Å². The number of hydrogen-bond donors (Lipinski definition) is 3. The number of methoxy groups -OCH3 is 2. The molecule has 184 valence electrons. The largest absolute Gasteiger partial charge is 0.495 e. The number of carbonyl (C=O) groups is 3. The minimum atomic E-state index is -0.988. The molecule has 3 aromatic carbocycles. The second kappa shape index (κ2) is 10.6. The van der Waals surface area contributed by atoms with Crippen LogP contribution in [0.2, 0.25) is 0 Å². The normalized spacial score (nSPS) is 11.2. The lowest BCUT2D eigenvalue weighted by molar-refractivity contribution is -0.136. The molecule has 0 aliphatic carbocycles. The minimum Gasteiger partial charge on any atom is -0.495 e. The Balaban J connectivity index is 1.39. The van der Waals surface area contributed by atoms with E-state index in [1.165, 1.54) is 14.2 Å². The number of para-hydroxylation sites is 3. The third-order valence-corrected chi connectivity index (χ3v) is 5.30. The summed E-state index contributed by atoms with van der Waals surface area (Å²) in [6.07, 6.45) is -0.129. The zero-order valence-electron chi connectivity index (χ0n) is 19.9. The van der Waals surface area contributed by atoms with Crippen molar-refractivity contribution in [3.8, 4) is 11.5 Å². The van der Waals surface area contributed by atoms with Crippen molar-refractivity contribution in [1.29, 1.82) is 0 Å². The van der Waals surface area contributed by atoms with Gasteiger partial charge in [0.15, 0.2) is 0 Å². The van der Waals surface area contributed by atoms with Crippen LogP contribution in [0.5, 0.6) is 11.5 Å². The van der Waals surface area contributed by atoms with Crippen LogP contribution >= 0.6 is 0 Å². The van der Waals surface area contributed by atoms with Crippen molar-refractivity contribution >= 4 is 56.7 Å². The number of furan rings is 1. The lowest BCUT2D eigenvalue weighted by Gasteiger charge is -2.10. The first-order valence-electron chi connectivity index (χ1n) is 11.0. The van der Waals surface area contributed by atoms with Gasteiger partial charge in [0.1, 0.15) is 22.7 Å². The molecule has 3 amide bonds. The highest BCUT2D eigenvalue weighted by Crippen LogP contribution is 2.36. The summed E-state index contributed by atoms with van der Waals surface area (Å²) in [5.74, 6) is -1.43. The van der Waals surface area contributed by atoms with Crippen LogP contribution in [0.25, 0.3) is 21.9 Å². The summed E-state index contributed by atoms with van der Waals surface area (Å²) in [6, 6.07) is 17.8. The van der Waals surface area contributed by atoms with E-state index in [-0.39, 0.29) is 12.1 Å². The maximum Gasteiger partial charge on any atom is 0.329 e. The summed E-state index contributed by atoms with van der Waals surface area (Å²) in [4.78, 5) is 36.9. The molecule has 0 aliphatic rings. The second-order valence-electron chi connectivity index (χ2n) is 7.81. The van der Waals surface area contributed by atoms with E-state index >= 15 is 0 Å². The van der Waals surface area contributed by atoms with Gasteiger partial charge in [-0.05, 0) is 31.2 Å². The van der Waals surface area contributed by atoms with Gasteiger partial charge >= 0.3 is 11.8 Å². The number of rotatable bonds is 7. The third-order valence-electron chi connectivity index (χ3n) is 5.30. The van der Waals surface area contributed by atoms with Gasteiger partial charge in [0.05, 0.1) is 32.0 Å². The van der Waals surface area contributed by atoms with Gasteiger partial charge in [-0.25, -0.2) is 5.43 Å². The van der Waals surface area contributed by atoms with Gasteiger partial charge < -0.3 is 24.5 Å². The molecule has 3 N–H and O–H groups in total. The van der Waals surface area contributed by atoms with Crippen LogP contribution in [-0.4, -0.2) is 37.7 Å². The van der Waals surface area contributed by atoms with Gasteiger partial charge in [0.25, 0.3) is 0 Å². The van der Waals surface area contributed by atoms with Crippen LogP contribution in [-0.2, 0) is 14.4 Å². The van der Waals surface area contributed by atoms with Gasteiger partial charge in [-0.3, -0.25) is 14.4 Å². The van der Waals surface area contributed by atoms with Crippen LogP contribution in [0.15, 0.2) is 70.2 Å². The minimum absolute atomic E-state index is 0.129. The third kappa shape index (κ3) is 5.27. The number of hydrogen-bond acceptors (Lipinski definition) is 7. The molecule has 0 fully saturated rings. The number of carbonyl (C=O) groups excluding carboxylic acids is 3. The van der Waals surface area contributed by atoms with Gasteiger partial charge in [-0.1, -0.05) is 30.3 Å². The number of nitrogens with one attached hydrogen (secondary N) is 3. The molecule has 1 aromatic heterocycles. The first-order chi connectivity index (χ1) is 17.4. The molecule has 0 saturated carbocycles. The smallest absolute Gasteiger partial charge is 0.329 e. The number of fused-ring (bicyclic) bond motifs is 3. The first-order valence-corrected chi connectivity index (χ1v) is 11.0. The maximum atomic E-state index is 12.6. The number of ether oxygens (including phenoxy) is 2. The van der Waals surface area contributed by atoms with E-state index in [2.05, 4.69) is 21.2 Å². The average molecular weight is 489 g/mol. The fourth-order valence-electron chi connectivity index (χ4n) is 3.61. The SMILES string of the molecule is COc1cc2c(cc1NC(=O)CC(C)=NNC(=O)C(=O)Nc1ccccc1OC)oc1ccccc12. The Bertz CT molecular complexity index is 1490. The number of nitrogens with zero attached hydrogens (tertiary/aromatic N) is 1. The molecule has 0 atom stereocenters. The van der Waals surface area contributed by atoms with E-state index in [1.807, 2.05) is 24.3 Å². The van der Waals surface area contributed by atoms with E-state index in [0.29, 0.717) is 28.5 Å². The molecule has 4 aromatic rings. The Hall–Kier alpha value is -4.86. The van der Waals surface area contributed by atoms with Crippen molar-refractivity contribution < 1.29 is 28.3 Å². The highest BCUT2D eigenvalue weighted by molar-refractivity contribution is 6.39. The van der Waals surface area contributed by atoms with Crippen molar-refractivity contribution in [1.82, 2.24) is 5.43 Å². The Morgan fingerprint density at radius 2 is 1.53 bits per heavy atom. The molecule has 0 aliphatic heterocycles. The summed E-state index contributed by atoms with van der Waals surface area (Å²) in [7, 11) is 2.96. The number of amides is 3.